The summed E-state index contributed by atoms with van der Waals surface area (Å²) in [4.78, 5) is 0. The third-order valence-electron chi connectivity index (χ3n) is 9.24. The van der Waals surface area contributed by atoms with Crippen LogP contribution in [0.25, 0.3) is 71.1 Å². The third kappa shape index (κ3) is 3.42. The normalized spacial score (nSPS) is 14.7. The molecule has 1 nitrogen and oxygen atoms in total. The second-order valence-electron chi connectivity index (χ2n) is 11.5. The molecule has 0 saturated carbocycles. The minimum atomic E-state index is 1.00. The van der Waals surface area contributed by atoms with Gasteiger partial charge in [0.15, 0.2) is 0 Å². The van der Waals surface area contributed by atoms with Crippen LogP contribution in [0.3, 0.4) is 0 Å². The van der Waals surface area contributed by atoms with E-state index in [1.807, 2.05) is 0 Å². The highest BCUT2D eigenvalue weighted by atomic mass is 16.3. The zero-order valence-corrected chi connectivity index (χ0v) is 22.8. The molecule has 194 valence electrons. The quantitative estimate of drug-likeness (QED) is 0.205. The fourth-order valence-electron chi connectivity index (χ4n) is 7.36. The van der Waals surface area contributed by atoms with E-state index >= 15 is 0 Å². The van der Waals surface area contributed by atoms with Crippen LogP contribution in [0.5, 0.6) is 0 Å². The molecular weight excluding hydrogens is 496 g/mol. The van der Waals surface area contributed by atoms with Gasteiger partial charge in [0, 0.05) is 10.9 Å². The van der Waals surface area contributed by atoms with Crippen molar-refractivity contribution in [3.63, 3.8) is 0 Å². The molecule has 0 N–H and O–H groups in total. The molecule has 6 aromatic carbocycles. The molecule has 0 radical (unpaired) electrons. The van der Waals surface area contributed by atoms with E-state index in [0.29, 0.717) is 0 Å². The summed E-state index contributed by atoms with van der Waals surface area (Å²) in [6, 6.07) is 40.2. The maximum absolute atomic E-state index is 6.69. The first-order chi connectivity index (χ1) is 20.3. The standard InChI is InChI=1S/C40H28O/c1-2-11-27-23-28(18-17-25(27)9-1)38-32-13-5-7-15-34(32)39(35-16-8-6-14-33(35)38)29-20-21-31-36-22-19-26-10-3-4-12-30(26)40(36)41-37(31)24-29/h1-3,5-11,13-18,20-21,23-24H,4,12,19,22H2. The average Bonchev–Trinajstić information content (AvgIpc) is 3.42. The van der Waals surface area contributed by atoms with Gasteiger partial charge in [-0.15, -0.1) is 0 Å². The number of fused-ring (bicyclic) bond motifs is 7. The lowest BCUT2D eigenvalue weighted by atomic mass is 9.84. The van der Waals surface area contributed by atoms with Crippen LogP contribution in [0.1, 0.15) is 30.6 Å². The molecule has 0 unspecified atom stereocenters. The minimum Gasteiger partial charge on any atom is -0.456 e. The van der Waals surface area contributed by atoms with Crippen molar-refractivity contribution in [3.05, 3.63) is 138 Å². The van der Waals surface area contributed by atoms with Gasteiger partial charge in [-0.3, -0.25) is 0 Å². The summed E-state index contributed by atoms with van der Waals surface area (Å²) in [5.41, 5.74) is 10.3. The van der Waals surface area contributed by atoms with Gasteiger partial charge < -0.3 is 4.42 Å². The zero-order valence-electron chi connectivity index (χ0n) is 22.8. The number of rotatable bonds is 2. The van der Waals surface area contributed by atoms with Crippen molar-refractivity contribution < 1.29 is 4.42 Å². The minimum absolute atomic E-state index is 1.00. The molecule has 2 aliphatic rings. The van der Waals surface area contributed by atoms with Crippen LogP contribution in [0.4, 0.5) is 0 Å². The topological polar surface area (TPSA) is 13.1 Å². The monoisotopic (exact) mass is 524 g/mol. The second kappa shape index (κ2) is 8.81. The van der Waals surface area contributed by atoms with Crippen LogP contribution >= 0.6 is 0 Å². The summed E-state index contributed by atoms with van der Waals surface area (Å²) in [7, 11) is 0. The van der Waals surface area contributed by atoms with Crippen LogP contribution in [0, 0.1) is 0 Å². The van der Waals surface area contributed by atoms with E-state index in [1.54, 1.807) is 0 Å². The zero-order chi connectivity index (χ0) is 26.9. The molecule has 0 fully saturated rings. The largest absolute Gasteiger partial charge is 0.456 e. The van der Waals surface area contributed by atoms with Crippen molar-refractivity contribution >= 4 is 48.9 Å². The van der Waals surface area contributed by atoms with Crippen molar-refractivity contribution in [2.75, 3.05) is 0 Å². The first kappa shape index (κ1) is 22.9. The molecule has 2 aliphatic carbocycles. The molecule has 9 rings (SSSR count). The molecule has 0 bridgehead atoms. The SMILES string of the molecule is C1=CC2=C(CC1)c1oc3cc(-c4c5ccccc5c(-c5ccc6ccccc6c5)c5ccccc45)ccc3c1CC2. The molecule has 0 spiro atoms. The lowest BCUT2D eigenvalue weighted by Gasteiger charge is -2.20. The highest BCUT2D eigenvalue weighted by Crippen LogP contribution is 2.46. The Labute approximate surface area is 239 Å². The van der Waals surface area contributed by atoms with Gasteiger partial charge in [0.2, 0.25) is 0 Å². The van der Waals surface area contributed by atoms with Gasteiger partial charge in [0.05, 0.1) is 0 Å². The Balaban J connectivity index is 1.31. The van der Waals surface area contributed by atoms with E-state index in [-0.39, 0.29) is 0 Å². The van der Waals surface area contributed by atoms with Gasteiger partial charge in [0.25, 0.3) is 0 Å². The Kier molecular flexibility index (Phi) is 4.92. The first-order valence-corrected chi connectivity index (χ1v) is 14.7. The molecule has 0 saturated heterocycles. The van der Waals surface area contributed by atoms with Gasteiger partial charge in [-0.25, -0.2) is 0 Å². The molecule has 1 heteroatoms. The molecule has 41 heavy (non-hydrogen) atoms. The molecular formula is C40H28O. The highest BCUT2D eigenvalue weighted by Gasteiger charge is 2.26. The highest BCUT2D eigenvalue weighted by molar-refractivity contribution is 6.22. The lowest BCUT2D eigenvalue weighted by molar-refractivity contribution is 0.583. The number of benzene rings is 6. The summed E-state index contributed by atoms with van der Waals surface area (Å²) in [5.74, 6) is 1.13. The number of aryl methyl sites for hydroxylation is 1. The molecule has 0 aliphatic heterocycles. The third-order valence-corrected chi connectivity index (χ3v) is 9.24. The van der Waals surface area contributed by atoms with Gasteiger partial charge in [-0.2, -0.15) is 0 Å². The van der Waals surface area contributed by atoms with Crippen molar-refractivity contribution in [2.45, 2.75) is 25.7 Å². The number of hydrogen-bond donors (Lipinski definition) is 0. The maximum Gasteiger partial charge on any atom is 0.135 e. The van der Waals surface area contributed by atoms with Crippen LogP contribution in [-0.2, 0) is 6.42 Å². The van der Waals surface area contributed by atoms with Crippen molar-refractivity contribution in [1.82, 2.24) is 0 Å². The fraction of sp³-hybridized carbons (Fsp3) is 0.100. The lowest BCUT2D eigenvalue weighted by Crippen LogP contribution is -2.04. The Morgan fingerprint density at radius 3 is 1.88 bits per heavy atom. The van der Waals surface area contributed by atoms with E-state index in [1.165, 1.54) is 76.7 Å². The fourth-order valence-corrected chi connectivity index (χ4v) is 7.36. The van der Waals surface area contributed by atoms with Crippen LogP contribution in [-0.4, -0.2) is 0 Å². The Morgan fingerprint density at radius 2 is 1.15 bits per heavy atom. The van der Waals surface area contributed by atoms with Crippen LogP contribution in [0.2, 0.25) is 0 Å². The summed E-state index contributed by atoms with van der Waals surface area (Å²) >= 11 is 0. The van der Waals surface area contributed by atoms with E-state index in [0.717, 1.165) is 37.0 Å². The predicted octanol–water partition coefficient (Wildman–Crippen LogP) is 11.3. The van der Waals surface area contributed by atoms with E-state index in [2.05, 4.69) is 121 Å². The van der Waals surface area contributed by atoms with Crippen molar-refractivity contribution in [2.24, 2.45) is 0 Å². The van der Waals surface area contributed by atoms with E-state index in [9.17, 15) is 0 Å². The number of hydrogen-bond acceptors (Lipinski definition) is 1. The van der Waals surface area contributed by atoms with Crippen LogP contribution in [0.15, 0.2) is 131 Å². The molecule has 7 aromatic rings. The summed E-state index contributed by atoms with van der Waals surface area (Å²) in [6.07, 6.45) is 8.97. The molecule has 1 aromatic heterocycles. The van der Waals surface area contributed by atoms with E-state index < -0.39 is 0 Å². The first-order valence-electron chi connectivity index (χ1n) is 14.7. The summed E-state index contributed by atoms with van der Waals surface area (Å²) < 4.78 is 6.69. The summed E-state index contributed by atoms with van der Waals surface area (Å²) in [6.45, 7) is 0. The van der Waals surface area contributed by atoms with Crippen molar-refractivity contribution in [1.29, 1.82) is 0 Å². The smallest absolute Gasteiger partial charge is 0.135 e. The molecule has 0 amide bonds. The van der Waals surface area contributed by atoms with Gasteiger partial charge in [-0.1, -0.05) is 109 Å². The Bertz CT molecular complexity index is 2200. The van der Waals surface area contributed by atoms with Gasteiger partial charge >= 0.3 is 0 Å². The van der Waals surface area contributed by atoms with Gasteiger partial charge in [0.1, 0.15) is 11.3 Å². The predicted molar refractivity (Wildman–Crippen MR) is 173 cm³/mol. The number of allylic oxidation sites excluding steroid dienone is 4. The Hall–Kier alpha value is -4.88. The maximum atomic E-state index is 6.69. The van der Waals surface area contributed by atoms with Gasteiger partial charge in [-0.05, 0) is 104 Å². The average molecular weight is 525 g/mol. The van der Waals surface area contributed by atoms with Crippen LogP contribution < -0.4 is 0 Å². The Morgan fingerprint density at radius 1 is 0.512 bits per heavy atom. The van der Waals surface area contributed by atoms with Crippen molar-refractivity contribution in [3.8, 4) is 22.3 Å². The number of furan rings is 1. The second-order valence-corrected chi connectivity index (χ2v) is 11.5. The van der Waals surface area contributed by atoms with E-state index in [4.69, 9.17) is 4.42 Å². The summed E-state index contributed by atoms with van der Waals surface area (Å²) in [5, 5.41) is 8.90. The molecule has 0 atom stereocenters. The molecule has 1 heterocycles.